The second-order valence-electron chi connectivity index (χ2n) is 5.12. The lowest BCUT2D eigenvalue weighted by Crippen LogP contribution is -2.47. The van der Waals surface area contributed by atoms with Crippen LogP contribution in [0.25, 0.3) is 0 Å². The zero-order valence-electron chi connectivity index (χ0n) is 10.7. The Morgan fingerprint density at radius 2 is 2.29 bits per heavy atom. The summed E-state index contributed by atoms with van der Waals surface area (Å²) >= 11 is 0. The van der Waals surface area contributed by atoms with E-state index in [4.69, 9.17) is 4.74 Å². The van der Waals surface area contributed by atoms with Gasteiger partial charge in [-0.2, -0.15) is 0 Å². The molecule has 0 radical (unpaired) electrons. The minimum absolute atomic E-state index is 0.0301. The van der Waals surface area contributed by atoms with Crippen molar-refractivity contribution in [1.29, 1.82) is 0 Å². The molecule has 1 N–H and O–H groups in total. The van der Waals surface area contributed by atoms with E-state index < -0.39 is 0 Å². The Balaban J connectivity index is 2.00. The quantitative estimate of drug-likeness (QED) is 0.872. The number of rotatable bonds is 3. The highest BCUT2D eigenvalue weighted by Crippen LogP contribution is 2.25. The molecule has 94 valence electrons. The third-order valence-electron chi connectivity index (χ3n) is 3.81. The molecule has 1 aliphatic rings. The van der Waals surface area contributed by atoms with Crippen LogP contribution >= 0.6 is 0 Å². The molecule has 3 heteroatoms. The lowest BCUT2D eigenvalue weighted by molar-refractivity contribution is 0.0881. The van der Waals surface area contributed by atoms with Crippen LogP contribution in [0, 0.1) is 12.7 Å². The van der Waals surface area contributed by atoms with Gasteiger partial charge in [0.15, 0.2) is 0 Å². The Hall–Kier alpha value is -0.930. The lowest BCUT2D eigenvalue weighted by atomic mass is 9.94. The van der Waals surface area contributed by atoms with E-state index in [1.165, 1.54) is 6.07 Å². The Morgan fingerprint density at radius 3 is 2.88 bits per heavy atom. The van der Waals surface area contributed by atoms with E-state index in [1.807, 2.05) is 12.1 Å². The molecule has 1 aromatic rings. The average molecular weight is 237 g/mol. The Kier molecular flexibility index (Phi) is 3.50. The van der Waals surface area contributed by atoms with Crippen molar-refractivity contribution in [3.63, 3.8) is 0 Å². The smallest absolute Gasteiger partial charge is 0.126 e. The summed E-state index contributed by atoms with van der Waals surface area (Å²) in [5.74, 6) is -0.141. The Bertz CT molecular complexity index is 407. The lowest BCUT2D eigenvalue weighted by Gasteiger charge is -2.29. The molecule has 0 spiro atoms. The van der Waals surface area contributed by atoms with Crippen LogP contribution in [0.5, 0.6) is 0 Å². The van der Waals surface area contributed by atoms with Crippen molar-refractivity contribution >= 4 is 0 Å². The molecule has 1 saturated heterocycles. The topological polar surface area (TPSA) is 21.3 Å². The molecular formula is C14H20FNO. The SMILES string of the molecule is Cc1cc(CNC2(C)CCOC2C)ccc1F. The molecule has 1 heterocycles. The minimum Gasteiger partial charge on any atom is -0.377 e. The van der Waals surface area contributed by atoms with Crippen LogP contribution in [0.4, 0.5) is 4.39 Å². The van der Waals surface area contributed by atoms with Crippen molar-refractivity contribution < 1.29 is 9.13 Å². The van der Waals surface area contributed by atoms with Crippen LogP contribution in [0.3, 0.4) is 0 Å². The first-order valence-corrected chi connectivity index (χ1v) is 6.13. The largest absolute Gasteiger partial charge is 0.377 e. The second kappa shape index (κ2) is 4.75. The summed E-state index contributed by atoms with van der Waals surface area (Å²) in [5, 5.41) is 3.52. The van der Waals surface area contributed by atoms with Gasteiger partial charge in [-0.1, -0.05) is 12.1 Å². The van der Waals surface area contributed by atoms with Gasteiger partial charge in [0.25, 0.3) is 0 Å². The molecule has 0 bridgehead atoms. The maximum absolute atomic E-state index is 13.1. The molecule has 2 rings (SSSR count). The molecule has 0 aromatic heterocycles. The normalized spacial score (nSPS) is 28.6. The number of halogens is 1. The van der Waals surface area contributed by atoms with Crippen molar-refractivity contribution in [2.45, 2.75) is 45.4 Å². The molecule has 1 aromatic carbocycles. The van der Waals surface area contributed by atoms with Crippen LogP contribution in [-0.2, 0) is 11.3 Å². The summed E-state index contributed by atoms with van der Waals surface area (Å²) in [6.45, 7) is 7.64. The van der Waals surface area contributed by atoms with E-state index in [0.717, 1.165) is 25.1 Å². The predicted molar refractivity (Wildman–Crippen MR) is 66.4 cm³/mol. The standard InChI is InChI=1S/C14H20FNO/c1-10-8-12(4-5-13(10)15)9-16-14(3)6-7-17-11(14)2/h4-5,8,11,16H,6-7,9H2,1-3H3. The number of hydrogen-bond donors (Lipinski definition) is 1. The fourth-order valence-corrected chi connectivity index (χ4v) is 2.19. The summed E-state index contributed by atoms with van der Waals surface area (Å²) in [7, 11) is 0. The second-order valence-corrected chi connectivity index (χ2v) is 5.12. The van der Waals surface area contributed by atoms with Gasteiger partial charge in [0, 0.05) is 18.7 Å². The number of nitrogens with one attached hydrogen (secondary N) is 1. The third kappa shape index (κ3) is 2.67. The summed E-state index contributed by atoms with van der Waals surface area (Å²) in [6, 6.07) is 5.26. The van der Waals surface area contributed by atoms with Crippen LogP contribution in [0.2, 0.25) is 0 Å². The van der Waals surface area contributed by atoms with Gasteiger partial charge in [0.05, 0.1) is 6.10 Å². The molecule has 2 unspecified atom stereocenters. The van der Waals surface area contributed by atoms with Crippen molar-refractivity contribution in [2.75, 3.05) is 6.61 Å². The summed E-state index contributed by atoms with van der Waals surface area (Å²) in [6.07, 6.45) is 1.25. The first-order valence-electron chi connectivity index (χ1n) is 6.13. The van der Waals surface area contributed by atoms with E-state index >= 15 is 0 Å². The maximum atomic E-state index is 13.1. The van der Waals surface area contributed by atoms with Crippen LogP contribution in [-0.4, -0.2) is 18.2 Å². The van der Waals surface area contributed by atoms with Crippen LogP contribution in [0.1, 0.15) is 31.4 Å². The van der Waals surface area contributed by atoms with Gasteiger partial charge in [-0.05, 0) is 44.4 Å². The van der Waals surface area contributed by atoms with E-state index in [9.17, 15) is 4.39 Å². The number of hydrogen-bond acceptors (Lipinski definition) is 2. The highest BCUT2D eigenvalue weighted by Gasteiger charge is 2.36. The van der Waals surface area contributed by atoms with Gasteiger partial charge in [0.1, 0.15) is 5.82 Å². The van der Waals surface area contributed by atoms with E-state index in [2.05, 4.69) is 19.2 Å². The summed E-state index contributed by atoms with van der Waals surface area (Å²) < 4.78 is 18.7. The molecule has 0 saturated carbocycles. The Labute approximate surface area is 102 Å². The molecule has 1 fully saturated rings. The van der Waals surface area contributed by atoms with E-state index in [-0.39, 0.29) is 17.5 Å². The zero-order valence-corrected chi connectivity index (χ0v) is 10.7. The summed E-state index contributed by atoms with van der Waals surface area (Å²) in [5.41, 5.74) is 1.84. The molecule has 0 aliphatic carbocycles. The number of ether oxygens (including phenoxy) is 1. The van der Waals surface area contributed by atoms with Crippen molar-refractivity contribution in [1.82, 2.24) is 5.32 Å². The zero-order chi connectivity index (χ0) is 12.5. The monoisotopic (exact) mass is 237 g/mol. The van der Waals surface area contributed by atoms with Crippen LogP contribution in [0.15, 0.2) is 18.2 Å². The fourth-order valence-electron chi connectivity index (χ4n) is 2.19. The number of aryl methyl sites for hydroxylation is 1. The highest BCUT2D eigenvalue weighted by molar-refractivity contribution is 5.24. The van der Waals surface area contributed by atoms with Crippen molar-refractivity contribution in [3.05, 3.63) is 35.1 Å². The predicted octanol–water partition coefficient (Wildman–Crippen LogP) is 2.79. The average Bonchev–Trinajstić information content (AvgIpc) is 2.62. The molecule has 17 heavy (non-hydrogen) atoms. The first kappa shape index (κ1) is 12.5. The Morgan fingerprint density at radius 1 is 1.53 bits per heavy atom. The summed E-state index contributed by atoms with van der Waals surface area (Å²) in [4.78, 5) is 0. The van der Waals surface area contributed by atoms with Gasteiger partial charge in [-0.15, -0.1) is 0 Å². The minimum atomic E-state index is -0.141. The molecule has 2 nitrogen and oxygen atoms in total. The number of benzene rings is 1. The first-order chi connectivity index (χ1) is 8.01. The van der Waals surface area contributed by atoms with Gasteiger partial charge < -0.3 is 10.1 Å². The van der Waals surface area contributed by atoms with E-state index in [1.54, 1.807) is 6.92 Å². The molecular weight excluding hydrogens is 217 g/mol. The van der Waals surface area contributed by atoms with Gasteiger partial charge in [0.2, 0.25) is 0 Å². The molecule has 2 atom stereocenters. The van der Waals surface area contributed by atoms with Gasteiger partial charge >= 0.3 is 0 Å². The molecule has 0 amide bonds. The van der Waals surface area contributed by atoms with Gasteiger partial charge in [-0.3, -0.25) is 0 Å². The molecule has 1 aliphatic heterocycles. The maximum Gasteiger partial charge on any atom is 0.126 e. The fraction of sp³-hybridized carbons (Fsp3) is 0.571. The third-order valence-corrected chi connectivity index (χ3v) is 3.81. The van der Waals surface area contributed by atoms with Crippen molar-refractivity contribution in [2.24, 2.45) is 0 Å². The van der Waals surface area contributed by atoms with Crippen LogP contribution < -0.4 is 5.32 Å². The van der Waals surface area contributed by atoms with E-state index in [0.29, 0.717) is 5.56 Å². The highest BCUT2D eigenvalue weighted by atomic mass is 19.1. The van der Waals surface area contributed by atoms with Crippen molar-refractivity contribution in [3.8, 4) is 0 Å². The van der Waals surface area contributed by atoms with Gasteiger partial charge in [-0.25, -0.2) is 4.39 Å².